The predicted octanol–water partition coefficient (Wildman–Crippen LogP) is 0.999. The summed E-state index contributed by atoms with van der Waals surface area (Å²) in [6, 6.07) is 6.89. The number of hydrogen-bond donors (Lipinski definition) is 2. The Morgan fingerprint density at radius 3 is 2.69 bits per heavy atom. The zero-order chi connectivity index (χ0) is 11.4. The standard InChI is InChI=1S/C11H14N4O/c12-6-1-7-15-8-11(13-14-15)9-2-4-10(16)5-3-9/h2-5,8,16H,1,6-7,12H2. The molecule has 0 radical (unpaired) electrons. The van der Waals surface area contributed by atoms with E-state index in [9.17, 15) is 0 Å². The van der Waals surface area contributed by atoms with Crippen molar-refractivity contribution >= 4 is 0 Å². The molecule has 2 rings (SSSR count). The van der Waals surface area contributed by atoms with Gasteiger partial charge in [0.1, 0.15) is 11.4 Å². The molecule has 1 heterocycles. The third-order valence-corrected chi connectivity index (χ3v) is 2.29. The van der Waals surface area contributed by atoms with Crippen LogP contribution >= 0.6 is 0 Å². The van der Waals surface area contributed by atoms with Gasteiger partial charge in [-0.1, -0.05) is 5.21 Å². The number of hydrogen-bond acceptors (Lipinski definition) is 4. The summed E-state index contributed by atoms with van der Waals surface area (Å²) in [5, 5.41) is 17.2. The number of nitrogens with two attached hydrogens (primary N) is 1. The van der Waals surface area contributed by atoms with Crippen LogP contribution in [0.4, 0.5) is 0 Å². The van der Waals surface area contributed by atoms with Crippen molar-refractivity contribution in [2.45, 2.75) is 13.0 Å². The second kappa shape index (κ2) is 4.76. The van der Waals surface area contributed by atoms with E-state index in [4.69, 9.17) is 10.8 Å². The fraction of sp³-hybridized carbons (Fsp3) is 0.273. The molecular formula is C11H14N4O. The molecule has 0 aliphatic carbocycles. The van der Waals surface area contributed by atoms with Gasteiger partial charge in [-0.05, 0) is 37.2 Å². The second-order valence-corrected chi connectivity index (χ2v) is 3.56. The molecule has 3 N–H and O–H groups in total. The molecule has 0 spiro atoms. The Balaban J connectivity index is 2.15. The van der Waals surface area contributed by atoms with Crippen LogP contribution in [-0.2, 0) is 6.54 Å². The first-order valence-electron chi connectivity index (χ1n) is 5.19. The maximum Gasteiger partial charge on any atom is 0.115 e. The third kappa shape index (κ3) is 2.38. The Bertz CT molecular complexity index is 449. The lowest BCUT2D eigenvalue weighted by Gasteiger charge is -1.96. The molecular weight excluding hydrogens is 204 g/mol. The smallest absolute Gasteiger partial charge is 0.115 e. The largest absolute Gasteiger partial charge is 0.508 e. The maximum atomic E-state index is 9.17. The van der Waals surface area contributed by atoms with Crippen LogP contribution < -0.4 is 5.73 Å². The normalized spacial score (nSPS) is 10.6. The number of phenolic OH excluding ortho intramolecular Hbond substituents is 1. The van der Waals surface area contributed by atoms with Crippen molar-refractivity contribution in [2.24, 2.45) is 5.73 Å². The van der Waals surface area contributed by atoms with E-state index < -0.39 is 0 Å². The molecule has 16 heavy (non-hydrogen) atoms. The molecule has 5 nitrogen and oxygen atoms in total. The van der Waals surface area contributed by atoms with Gasteiger partial charge in [0.25, 0.3) is 0 Å². The molecule has 0 saturated carbocycles. The van der Waals surface area contributed by atoms with Gasteiger partial charge in [0.2, 0.25) is 0 Å². The quantitative estimate of drug-likeness (QED) is 0.802. The molecule has 1 aromatic carbocycles. The zero-order valence-corrected chi connectivity index (χ0v) is 8.87. The first-order chi connectivity index (χ1) is 7.79. The van der Waals surface area contributed by atoms with E-state index in [1.807, 2.05) is 18.3 Å². The highest BCUT2D eigenvalue weighted by atomic mass is 16.3. The average molecular weight is 218 g/mol. The van der Waals surface area contributed by atoms with Crippen LogP contribution in [-0.4, -0.2) is 26.6 Å². The van der Waals surface area contributed by atoms with E-state index in [0.29, 0.717) is 6.54 Å². The lowest BCUT2D eigenvalue weighted by atomic mass is 10.2. The molecule has 1 aromatic heterocycles. The minimum absolute atomic E-state index is 0.249. The van der Waals surface area contributed by atoms with Crippen molar-refractivity contribution in [1.82, 2.24) is 15.0 Å². The minimum Gasteiger partial charge on any atom is -0.508 e. The Kier molecular flexibility index (Phi) is 3.16. The number of benzene rings is 1. The Labute approximate surface area is 93.5 Å². The monoisotopic (exact) mass is 218 g/mol. The zero-order valence-electron chi connectivity index (χ0n) is 8.87. The van der Waals surface area contributed by atoms with Gasteiger partial charge in [-0.15, -0.1) is 5.10 Å². The molecule has 0 amide bonds. The van der Waals surface area contributed by atoms with Crippen LogP contribution in [0.1, 0.15) is 6.42 Å². The van der Waals surface area contributed by atoms with Crippen LogP contribution in [0.2, 0.25) is 0 Å². The summed E-state index contributed by atoms with van der Waals surface area (Å²) in [7, 11) is 0. The van der Waals surface area contributed by atoms with Gasteiger partial charge in [-0.25, -0.2) is 0 Å². The lowest BCUT2D eigenvalue weighted by Crippen LogP contribution is -2.06. The van der Waals surface area contributed by atoms with E-state index >= 15 is 0 Å². The van der Waals surface area contributed by atoms with Crippen LogP contribution in [0.25, 0.3) is 11.3 Å². The number of aryl methyl sites for hydroxylation is 1. The summed E-state index contributed by atoms with van der Waals surface area (Å²) in [5.74, 6) is 0.249. The predicted molar refractivity (Wildman–Crippen MR) is 60.8 cm³/mol. The molecule has 5 heteroatoms. The van der Waals surface area contributed by atoms with E-state index in [0.717, 1.165) is 24.2 Å². The van der Waals surface area contributed by atoms with Crippen LogP contribution in [0.5, 0.6) is 5.75 Å². The maximum absolute atomic E-state index is 9.17. The molecule has 0 aliphatic rings. The molecule has 0 bridgehead atoms. The average Bonchev–Trinajstić information content (AvgIpc) is 2.76. The topological polar surface area (TPSA) is 77.0 Å². The molecule has 0 aliphatic heterocycles. The summed E-state index contributed by atoms with van der Waals surface area (Å²) in [6.45, 7) is 1.43. The molecule has 0 unspecified atom stereocenters. The molecule has 2 aromatic rings. The van der Waals surface area contributed by atoms with E-state index in [-0.39, 0.29) is 5.75 Å². The number of nitrogens with zero attached hydrogens (tertiary/aromatic N) is 3. The van der Waals surface area contributed by atoms with Crippen molar-refractivity contribution in [3.8, 4) is 17.0 Å². The van der Waals surface area contributed by atoms with Gasteiger partial charge in [0.15, 0.2) is 0 Å². The summed E-state index contributed by atoms with van der Waals surface area (Å²) in [6.07, 6.45) is 2.76. The highest BCUT2D eigenvalue weighted by molar-refractivity contribution is 5.58. The summed E-state index contributed by atoms with van der Waals surface area (Å²) in [4.78, 5) is 0. The van der Waals surface area contributed by atoms with Crippen LogP contribution in [0, 0.1) is 0 Å². The fourth-order valence-electron chi connectivity index (χ4n) is 1.43. The van der Waals surface area contributed by atoms with Gasteiger partial charge in [-0.2, -0.15) is 0 Å². The highest BCUT2D eigenvalue weighted by Crippen LogP contribution is 2.19. The number of aromatic nitrogens is 3. The summed E-state index contributed by atoms with van der Waals surface area (Å²) in [5.41, 5.74) is 7.17. The molecule has 0 atom stereocenters. The summed E-state index contributed by atoms with van der Waals surface area (Å²) >= 11 is 0. The molecule has 0 fully saturated rings. The van der Waals surface area contributed by atoms with Crippen molar-refractivity contribution in [1.29, 1.82) is 0 Å². The number of rotatable bonds is 4. The van der Waals surface area contributed by atoms with Crippen LogP contribution in [0.3, 0.4) is 0 Å². The van der Waals surface area contributed by atoms with E-state index in [1.54, 1.807) is 16.8 Å². The van der Waals surface area contributed by atoms with Crippen LogP contribution in [0.15, 0.2) is 30.5 Å². The van der Waals surface area contributed by atoms with Gasteiger partial charge < -0.3 is 10.8 Å². The highest BCUT2D eigenvalue weighted by Gasteiger charge is 2.03. The molecule has 84 valence electrons. The fourth-order valence-corrected chi connectivity index (χ4v) is 1.43. The minimum atomic E-state index is 0.249. The van der Waals surface area contributed by atoms with Crippen molar-refractivity contribution < 1.29 is 5.11 Å². The molecule has 0 saturated heterocycles. The van der Waals surface area contributed by atoms with Gasteiger partial charge in [0.05, 0.1) is 6.20 Å². The third-order valence-electron chi connectivity index (χ3n) is 2.29. The SMILES string of the molecule is NCCCn1cc(-c2ccc(O)cc2)nn1. The van der Waals surface area contributed by atoms with E-state index in [2.05, 4.69) is 10.3 Å². The summed E-state index contributed by atoms with van der Waals surface area (Å²) < 4.78 is 1.77. The van der Waals surface area contributed by atoms with Gasteiger partial charge in [0, 0.05) is 12.1 Å². The Morgan fingerprint density at radius 2 is 2.00 bits per heavy atom. The Morgan fingerprint density at radius 1 is 1.25 bits per heavy atom. The van der Waals surface area contributed by atoms with Crippen molar-refractivity contribution in [3.63, 3.8) is 0 Å². The first kappa shape index (κ1) is 10.6. The first-order valence-corrected chi connectivity index (χ1v) is 5.19. The number of aromatic hydroxyl groups is 1. The second-order valence-electron chi connectivity index (χ2n) is 3.56. The van der Waals surface area contributed by atoms with E-state index in [1.165, 1.54) is 0 Å². The Hall–Kier alpha value is -1.88. The van der Waals surface area contributed by atoms with Gasteiger partial charge in [-0.3, -0.25) is 4.68 Å². The van der Waals surface area contributed by atoms with Gasteiger partial charge >= 0.3 is 0 Å². The van der Waals surface area contributed by atoms with Crippen molar-refractivity contribution in [3.05, 3.63) is 30.5 Å². The lowest BCUT2D eigenvalue weighted by molar-refractivity contribution is 0.475. The number of phenols is 1. The van der Waals surface area contributed by atoms with Crippen molar-refractivity contribution in [2.75, 3.05) is 6.54 Å².